The van der Waals surface area contributed by atoms with Gasteiger partial charge < -0.3 is 0 Å². The van der Waals surface area contributed by atoms with Gasteiger partial charge in [0.15, 0.2) is 0 Å². The smallest absolute Gasteiger partial charge is 0.0599 e. The highest BCUT2D eigenvalue weighted by atomic mass is 28.3. The van der Waals surface area contributed by atoms with Crippen LogP contribution in [-0.2, 0) is 0 Å². The zero-order chi connectivity index (χ0) is 9.57. The van der Waals surface area contributed by atoms with E-state index in [9.17, 15) is 0 Å². The first-order valence-corrected chi connectivity index (χ1v) is 8.70. The maximum Gasteiger partial charge on any atom is 0.0599 e. The molecule has 0 N–H and O–H groups in total. The van der Waals surface area contributed by atoms with Crippen molar-refractivity contribution in [3.63, 3.8) is 0 Å². The summed E-state index contributed by atoms with van der Waals surface area (Å²) in [6.45, 7) is 14.4. The van der Waals surface area contributed by atoms with Gasteiger partial charge in [-0.2, -0.15) is 0 Å². The van der Waals surface area contributed by atoms with Crippen molar-refractivity contribution in [1.82, 2.24) is 4.90 Å². The molecule has 0 bridgehead atoms. The molecule has 0 aromatic rings. The van der Waals surface area contributed by atoms with Crippen LogP contribution in [0, 0.1) is 0 Å². The molecule has 0 saturated carbocycles. The van der Waals surface area contributed by atoms with E-state index in [1.54, 1.807) is 0 Å². The summed E-state index contributed by atoms with van der Waals surface area (Å²) in [4.78, 5) is 2.68. The fraction of sp³-hybridized carbons (Fsp3) is 1.00. The van der Waals surface area contributed by atoms with Crippen LogP contribution in [0.1, 0.15) is 27.2 Å². The third kappa shape index (κ3) is 2.11. The normalized spacial score (nSPS) is 30.0. The van der Waals surface area contributed by atoms with Crippen molar-refractivity contribution in [1.29, 1.82) is 0 Å². The van der Waals surface area contributed by atoms with Crippen molar-refractivity contribution >= 4 is 8.07 Å². The second-order valence-corrected chi connectivity index (χ2v) is 11.5. The molecule has 1 heterocycles. The van der Waals surface area contributed by atoms with Gasteiger partial charge in [0.2, 0.25) is 0 Å². The first-order valence-electron chi connectivity index (χ1n) is 4.99. The molecule has 0 aliphatic carbocycles. The minimum Gasteiger partial charge on any atom is -0.298 e. The van der Waals surface area contributed by atoms with E-state index >= 15 is 0 Å². The summed E-state index contributed by atoms with van der Waals surface area (Å²) in [5.41, 5.74) is 0.486. The largest absolute Gasteiger partial charge is 0.298 e. The monoisotopic (exact) mass is 185 g/mol. The van der Waals surface area contributed by atoms with Crippen molar-refractivity contribution in [2.45, 2.75) is 58.4 Å². The van der Waals surface area contributed by atoms with Crippen molar-refractivity contribution in [3.8, 4) is 0 Å². The Kier molecular flexibility index (Phi) is 2.43. The van der Waals surface area contributed by atoms with E-state index in [0.29, 0.717) is 5.54 Å². The fourth-order valence-electron chi connectivity index (χ4n) is 2.32. The molecular weight excluding hydrogens is 162 g/mol. The van der Waals surface area contributed by atoms with Crippen LogP contribution in [-0.4, -0.2) is 30.7 Å². The molecule has 1 rings (SSSR count). The van der Waals surface area contributed by atoms with E-state index in [2.05, 4.69) is 45.3 Å². The van der Waals surface area contributed by atoms with Crippen molar-refractivity contribution in [2.24, 2.45) is 0 Å². The van der Waals surface area contributed by atoms with Crippen LogP contribution in [0.5, 0.6) is 0 Å². The molecule has 1 nitrogen and oxygen atoms in total. The Balaban J connectivity index is 2.52. The van der Waals surface area contributed by atoms with Crippen molar-refractivity contribution < 1.29 is 0 Å². The molecule has 0 radical (unpaired) electrons. The average Bonchev–Trinajstić information content (AvgIpc) is 1.81. The van der Waals surface area contributed by atoms with Gasteiger partial charge in [-0.05, 0) is 33.4 Å². The standard InChI is InChI=1S/C10H23NSi/c1-9-7-10(2,3)11(9)8-12(4,5)6/h9H,7-8H2,1-6H3. The van der Waals surface area contributed by atoms with Gasteiger partial charge in [-0.3, -0.25) is 4.90 Å². The van der Waals surface area contributed by atoms with E-state index in [1.807, 2.05) is 0 Å². The summed E-state index contributed by atoms with van der Waals surface area (Å²) in [6, 6.07) is 0.826. The molecular formula is C10H23NSi. The summed E-state index contributed by atoms with van der Waals surface area (Å²) < 4.78 is 0. The number of likely N-dealkylation sites (tertiary alicyclic amines) is 1. The van der Waals surface area contributed by atoms with Gasteiger partial charge in [-0.25, -0.2) is 0 Å². The number of nitrogens with zero attached hydrogens (tertiary/aromatic N) is 1. The highest BCUT2D eigenvalue weighted by Crippen LogP contribution is 2.36. The Morgan fingerprint density at radius 1 is 1.33 bits per heavy atom. The maximum atomic E-state index is 2.68. The quantitative estimate of drug-likeness (QED) is 0.598. The van der Waals surface area contributed by atoms with Gasteiger partial charge in [0, 0.05) is 11.6 Å². The lowest BCUT2D eigenvalue weighted by Crippen LogP contribution is -2.64. The predicted octanol–water partition coefficient (Wildman–Crippen LogP) is 2.74. The van der Waals surface area contributed by atoms with E-state index in [1.165, 1.54) is 12.6 Å². The van der Waals surface area contributed by atoms with E-state index < -0.39 is 8.07 Å². The lowest BCUT2D eigenvalue weighted by Gasteiger charge is -2.56. The second kappa shape index (κ2) is 2.84. The molecule has 1 saturated heterocycles. The molecule has 2 heteroatoms. The third-order valence-corrected chi connectivity index (χ3v) is 4.04. The average molecular weight is 185 g/mol. The Morgan fingerprint density at radius 3 is 2.00 bits per heavy atom. The summed E-state index contributed by atoms with van der Waals surface area (Å²) in [6.07, 6.45) is 2.73. The molecule has 1 fully saturated rings. The van der Waals surface area contributed by atoms with Crippen LogP contribution in [0.15, 0.2) is 0 Å². The van der Waals surface area contributed by atoms with Crippen LogP contribution in [0.4, 0.5) is 0 Å². The van der Waals surface area contributed by atoms with Gasteiger partial charge in [0.25, 0.3) is 0 Å². The lowest BCUT2D eigenvalue weighted by atomic mass is 9.83. The van der Waals surface area contributed by atoms with Gasteiger partial charge in [-0.15, -0.1) is 0 Å². The van der Waals surface area contributed by atoms with Crippen LogP contribution in [0.3, 0.4) is 0 Å². The third-order valence-electron chi connectivity index (χ3n) is 2.75. The van der Waals surface area contributed by atoms with Gasteiger partial charge >= 0.3 is 0 Å². The molecule has 0 aromatic heterocycles. The molecule has 0 aromatic carbocycles. The van der Waals surface area contributed by atoms with Crippen molar-refractivity contribution in [3.05, 3.63) is 0 Å². The molecule has 1 aliphatic heterocycles. The summed E-state index contributed by atoms with van der Waals surface area (Å²) in [5, 5.41) is 0. The first kappa shape index (κ1) is 10.3. The Morgan fingerprint density at radius 2 is 1.83 bits per heavy atom. The van der Waals surface area contributed by atoms with E-state index in [4.69, 9.17) is 0 Å². The van der Waals surface area contributed by atoms with Gasteiger partial charge in [-0.1, -0.05) is 19.6 Å². The van der Waals surface area contributed by atoms with Crippen molar-refractivity contribution in [2.75, 3.05) is 6.17 Å². The highest BCUT2D eigenvalue weighted by molar-refractivity contribution is 6.76. The highest BCUT2D eigenvalue weighted by Gasteiger charge is 2.43. The molecule has 0 amide bonds. The number of rotatable bonds is 2. The topological polar surface area (TPSA) is 3.24 Å². The van der Waals surface area contributed by atoms with Crippen LogP contribution in [0.25, 0.3) is 0 Å². The lowest BCUT2D eigenvalue weighted by molar-refractivity contribution is -0.0248. The first-order chi connectivity index (χ1) is 5.22. The summed E-state index contributed by atoms with van der Waals surface area (Å²) in [5.74, 6) is 0. The molecule has 72 valence electrons. The van der Waals surface area contributed by atoms with Gasteiger partial charge in [0.05, 0.1) is 8.07 Å². The number of hydrogen-bond donors (Lipinski definition) is 0. The number of hydrogen-bond acceptors (Lipinski definition) is 1. The Labute approximate surface area is 78.2 Å². The molecule has 12 heavy (non-hydrogen) atoms. The van der Waals surface area contributed by atoms with Gasteiger partial charge in [0.1, 0.15) is 0 Å². The predicted molar refractivity (Wildman–Crippen MR) is 58.2 cm³/mol. The minimum atomic E-state index is -0.895. The molecule has 1 atom stereocenters. The molecule has 1 aliphatic rings. The summed E-state index contributed by atoms with van der Waals surface area (Å²) >= 11 is 0. The second-order valence-electron chi connectivity index (χ2n) is 6.05. The Bertz CT molecular complexity index is 169. The summed E-state index contributed by atoms with van der Waals surface area (Å²) in [7, 11) is -0.895. The molecule has 0 spiro atoms. The van der Waals surface area contributed by atoms with E-state index in [0.717, 1.165) is 6.04 Å². The zero-order valence-electron chi connectivity index (χ0n) is 9.44. The maximum absolute atomic E-state index is 2.68. The molecule has 1 unspecified atom stereocenters. The van der Waals surface area contributed by atoms with E-state index in [-0.39, 0.29) is 0 Å². The zero-order valence-corrected chi connectivity index (χ0v) is 10.4. The van der Waals surface area contributed by atoms with Crippen LogP contribution in [0.2, 0.25) is 19.6 Å². The van der Waals surface area contributed by atoms with Crippen LogP contribution >= 0.6 is 0 Å². The van der Waals surface area contributed by atoms with Crippen LogP contribution < -0.4 is 0 Å². The minimum absolute atomic E-state index is 0.486. The fourth-order valence-corrected chi connectivity index (χ4v) is 4.08. The Hall–Kier alpha value is 0.177. The SMILES string of the molecule is CC1CC(C)(C)N1C[Si](C)(C)C.